The van der Waals surface area contributed by atoms with Crippen LogP contribution in [0.4, 0.5) is 18.9 Å². The van der Waals surface area contributed by atoms with Gasteiger partial charge in [0.1, 0.15) is 0 Å². The third-order valence-corrected chi connectivity index (χ3v) is 3.83. The van der Waals surface area contributed by atoms with E-state index in [2.05, 4.69) is 6.07 Å². The molecule has 0 radical (unpaired) electrons. The number of halogens is 3. The van der Waals surface area contributed by atoms with E-state index in [-0.39, 0.29) is 11.1 Å². The maximum atomic E-state index is 12.8. The summed E-state index contributed by atoms with van der Waals surface area (Å²) in [6.45, 7) is 0.597. The van der Waals surface area contributed by atoms with Gasteiger partial charge in [0.25, 0.3) is 0 Å². The molecule has 0 heterocycles. The zero-order valence-electron chi connectivity index (χ0n) is 14.1. The molecule has 0 aliphatic heterocycles. The first-order valence-corrected chi connectivity index (χ1v) is 7.82. The number of anilines is 1. The average molecular weight is 355 g/mol. The van der Waals surface area contributed by atoms with Crippen LogP contribution in [0.2, 0.25) is 0 Å². The van der Waals surface area contributed by atoms with E-state index in [1.165, 1.54) is 12.1 Å². The van der Waals surface area contributed by atoms with Crippen LogP contribution in [-0.4, -0.2) is 13.6 Å². The lowest BCUT2D eigenvalue weighted by molar-refractivity contribution is -0.137. The number of rotatable bonds is 5. The Morgan fingerprint density at radius 2 is 1.81 bits per heavy atom. The topological polar surface area (TPSA) is 50.8 Å². The molecule has 0 saturated carbocycles. The molecule has 0 aromatic heterocycles. The normalized spacial score (nSPS) is 11.5. The summed E-state index contributed by atoms with van der Waals surface area (Å²) in [4.78, 5) is 1.93. The van der Waals surface area contributed by atoms with Gasteiger partial charge in [-0.2, -0.15) is 23.7 Å². The highest BCUT2D eigenvalue weighted by Gasteiger charge is 2.30. The molecule has 2 aromatic carbocycles. The monoisotopic (exact) mass is 355 g/mol. The van der Waals surface area contributed by atoms with Gasteiger partial charge in [-0.3, -0.25) is 0 Å². The van der Waals surface area contributed by atoms with Crippen molar-refractivity contribution >= 4 is 17.3 Å². The number of hydrogen-bond donors (Lipinski definition) is 0. The molecule has 0 amide bonds. The highest BCUT2D eigenvalue weighted by Crippen LogP contribution is 2.31. The van der Waals surface area contributed by atoms with Crippen molar-refractivity contribution < 1.29 is 13.2 Å². The Morgan fingerprint density at radius 1 is 1.12 bits per heavy atom. The maximum absolute atomic E-state index is 12.8. The first-order valence-electron chi connectivity index (χ1n) is 7.82. The van der Waals surface area contributed by atoms with Crippen molar-refractivity contribution in [1.29, 1.82) is 10.5 Å². The number of allylic oxidation sites excluding steroid dienone is 1. The van der Waals surface area contributed by atoms with Crippen LogP contribution in [0.15, 0.2) is 48.5 Å². The standard InChI is InChI=1S/C20H16F3N3/c1-26(11-3-10-24)19-8-6-15(7-9-19)12-17(14-25)16-4-2-5-18(13-16)20(21,22)23/h2,4-9,12-13H,3,11H2,1H3/b17-12-. The molecule has 0 bridgehead atoms. The van der Waals surface area contributed by atoms with Crippen molar-refractivity contribution in [2.75, 3.05) is 18.5 Å². The Balaban J connectivity index is 2.27. The molecular formula is C20H16F3N3. The molecule has 0 spiro atoms. The lowest BCUT2D eigenvalue weighted by atomic mass is 10.0. The molecule has 2 rings (SSSR count). The van der Waals surface area contributed by atoms with E-state index < -0.39 is 11.7 Å². The van der Waals surface area contributed by atoms with Gasteiger partial charge in [0.15, 0.2) is 0 Å². The van der Waals surface area contributed by atoms with Gasteiger partial charge in [-0.25, -0.2) is 0 Å². The van der Waals surface area contributed by atoms with E-state index >= 15 is 0 Å². The second kappa shape index (κ2) is 8.22. The highest BCUT2D eigenvalue weighted by molar-refractivity contribution is 5.89. The van der Waals surface area contributed by atoms with Gasteiger partial charge >= 0.3 is 6.18 Å². The fourth-order valence-electron chi connectivity index (χ4n) is 2.38. The van der Waals surface area contributed by atoms with Crippen LogP contribution in [-0.2, 0) is 6.18 Å². The molecule has 132 valence electrons. The predicted molar refractivity (Wildman–Crippen MR) is 94.9 cm³/mol. The van der Waals surface area contributed by atoms with Crippen molar-refractivity contribution in [3.8, 4) is 12.1 Å². The third kappa shape index (κ3) is 4.87. The third-order valence-electron chi connectivity index (χ3n) is 3.83. The van der Waals surface area contributed by atoms with Crippen molar-refractivity contribution in [2.24, 2.45) is 0 Å². The fraction of sp³-hybridized carbons (Fsp3) is 0.200. The molecular weight excluding hydrogens is 339 g/mol. The van der Waals surface area contributed by atoms with E-state index in [1.807, 2.05) is 30.1 Å². The lowest BCUT2D eigenvalue weighted by Gasteiger charge is -2.17. The molecule has 0 aliphatic rings. The van der Waals surface area contributed by atoms with Crippen molar-refractivity contribution in [3.63, 3.8) is 0 Å². The van der Waals surface area contributed by atoms with Crippen LogP contribution >= 0.6 is 0 Å². The molecule has 0 aliphatic carbocycles. The minimum Gasteiger partial charge on any atom is -0.374 e. The average Bonchev–Trinajstić information content (AvgIpc) is 2.64. The lowest BCUT2D eigenvalue weighted by Crippen LogP contribution is -2.17. The second-order valence-corrected chi connectivity index (χ2v) is 5.67. The zero-order valence-corrected chi connectivity index (χ0v) is 14.1. The number of hydrogen-bond acceptors (Lipinski definition) is 3. The summed E-state index contributed by atoms with van der Waals surface area (Å²) in [5.74, 6) is 0. The van der Waals surface area contributed by atoms with Crippen LogP contribution in [0, 0.1) is 22.7 Å². The van der Waals surface area contributed by atoms with Gasteiger partial charge in [-0.1, -0.05) is 24.3 Å². The van der Waals surface area contributed by atoms with Crippen molar-refractivity contribution in [3.05, 3.63) is 65.2 Å². The molecule has 6 heteroatoms. The van der Waals surface area contributed by atoms with Gasteiger partial charge < -0.3 is 4.90 Å². The van der Waals surface area contributed by atoms with E-state index in [9.17, 15) is 18.4 Å². The summed E-state index contributed by atoms with van der Waals surface area (Å²) in [5.41, 5.74) is 1.20. The fourth-order valence-corrected chi connectivity index (χ4v) is 2.38. The number of alkyl halides is 3. The minimum atomic E-state index is -4.45. The van der Waals surface area contributed by atoms with Gasteiger partial charge in [0.05, 0.1) is 29.7 Å². The molecule has 0 saturated heterocycles. The molecule has 0 unspecified atom stereocenters. The number of benzene rings is 2. The predicted octanol–water partition coefficient (Wildman–Crippen LogP) is 5.12. The smallest absolute Gasteiger partial charge is 0.374 e. The van der Waals surface area contributed by atoms with Crippen LogP contribution in [0.1, 0.15) is 23.1 Å². The summed E-state index contributed by atoms with van der Waals surface area (Å²) in [5, 5.41) is 18.0. The highest BCUT2D eigenvalue weighted by atomic mass is 19.4. The van der Waals surface area contributed by atoms with Gasteiger partial charge in [0, 0.05) is 19.3 Å². The summed E-state index contributed by atoms with van der Waals surface area (Å²) in [7, 11) is 1.87. The Hall–Kier alpha value is -3.25. The van der Waals surface area contributed by atoms with Crippen LogP contribution in [0.3, 0.4) is 0 Å². The SMILES string of the molecule is CN(CCC#N)c1ccc(/C=C(/C#N)c2cccc(C(F)(F)F)c2)cc1. The molecule has 0 atom stereocenters. The first kappa shape index (κ1) is 19.1. The minimum absolute atomic E-state index is 0.154. The summed E-state index contributed by atoms with van der Waals surface area (Å²) < 4.78 is 38.5. The largest absolute Gasteiger partial charge is 0.416 e. The molecule has 2 aromatic rings. The van der Waals surface area contributed by atoms with E-state index in [1.54, 1.807) is 18.2 Å². The summed E-state index contributed by atoms with van der Waals surface area (Å²) in [6.07, 6.45) is -2.49. The van der Waals surface area contributed by atoms with Gasteiger partial charge in [0.2, 0.25) is 0 Å². The van der Waals surface area contributed by atoms with E-state index in [4.69, 9.17) is 5.26 Å². The van der Waals surface area contributed by atoms with E-state index in [0.717, 1.165) is 17.8 Å². The van der Waals surface area contributed by atoms with E-state index in [0.29, 0.717) is 18.5 Å². The maximum Gasteiger partial charge on any atom is 0.416 e. The van der Waals surface area contributed by atoms with Crippen molar-refractivity contribution in [1.82, 2.24) is 0 Å². The van der Waals surface area contributed by atoms with Crippen LogP contribution in [0.5, 0.6) is 0 Å². The Kier molecular flexibility index (Phi) is 6.03. The van der Waals surface area contributed by atoms with Gasteiger partial charge in [-0.15, -0.1) is 0 Å². The second-order valence-electron chi connectivity index (χ2n) is 5.67. The van der Waals surface area contributed by atoms with Gasteiger partial charge in [-0.05, 0) is 41.5 Å². The number of nitrogens with zero attached hydrogens (tertiary/aromatic N) is 3. The Bertz CT molecular complexity index is 869. The quantitative estimate of drug-likeness (QED) is 0.552. The summed E-state index contributed by atoms with van der Waals surface area (Å²) >= 11 is 0. The first-order chi connectivity index (χ1) is 12.3. The molecule has 3 nitrogen and oxygen atoms in total. The molecule has 26 heavy (non-hydrogen) atoms. The number of nitriles is 2. The van der Waals surface area contributed by atoms with Crippen LogP contribution in [0.25, 0.3) is 11.6 Å². The molecule has 0 N–H and O–H groups in total. The summed E-state index contributed by atoms with van der Waals surface area (Å²) in [6, 6.07) is 16.0. The molecule has 0 fully saturated rings. The Labute approximate surface area is 150 Å². The Morgan fingerprint density at radius 3 is 2.38 bits per heavy atom. The van der Waals surface area contributed by atoms with Crippen LogP contribution < -0.4 is 4.90 Å². The van der Waals surface area contributed by atoms with Crippen molar-refractivity contribution in [2.45, 2.75) is 12.6 Å². The zero-order chi connectivity index (χ0) is 19.2.